The van der Waals surface area contributed by atoms with Crippen molar-refractivity contribution in [2.45, 2.75) is 13.5 Å². The Morgan fingerprint density at radius 3 is 2.88 bits per heavy atom. The number of aryl methyl sites for hydroxylation is 1. The van der Waals surface area contributed by atoms with Gasteiger partial charge in [0.15, 0.2) is 0 Å². The van der Waals surface area contributed by atoms with E-state index in [0.717, 1.165) is 6.54 Å². The molecule has 0 aliphatic rings. The lowest BCUT2D eigenvalue weighted by molar-refractivity contribution is 0.416. The van der Waals surface area contributed by atoms with Crippen molar-refractivity contribution >= 4 is 11.6 Å². The van der Waals surface area contributed by atoms with Crippen molar-refractivity contribution in [3.8, 4) is 5.75 Å². The Morgan fingerprint density at radius 2 is 2.12 bits per heavy atom. The van der Waals surface area contributed by atoms with Gasteiger partial charge in [-0.2, -0.15) is 0 Å². The highest BCUT2D eigenvalue weighted by Gasteiger charge is 2.01. The van der Waals surface area contributed by atoms with Crippen LogP contribution in [0.5, 0.6) is 5.75 Å². The molecule has 0 aliphatic heterocycles. The Balaban J connectivity index is 2.26. The first-order chi connectivity index (χ1) is 8.35. The van der Waals surface area contributed by atoms with E-state index in [0.29, 0.717) is 17.4 Å². The molecule has 1 aromatic carbocycles. The highest BCUT2D eigenvalue weighted by atomic mass is 16.5. The lowest BCUT2D eigenvalue weighted by Crippen LogP contribution is -1.89. The molecule has 0 spiro atoms. The molecule has 0 fully saturated rings. The summed E-state index contributed by atoms with van der Waals surface area (Å²) >= 11 is 0. The van der Waals surface area contributed by atoms with Crippen LogP contribution < -0.4 is 4.74 Å². The molecule has 0 amide bonds. The quantitative estimate of drug-likeness (QED) is 0.756. The molecular formula is C12H14N4O. The van der Waals surface area contributed by atoms with E-state index in [1.165, 1.54) is 0 Å². The minimum absolute atomic E-state index is 0.596. The summed E-state index contributed by atoms with van der Waals surface area (Å²) in [5.74, 6) is 1.30. The molecule has 88 valence electrons. The van der Waals surface area contributed by atoms with Crippen molar-refractivity contribution in [1.29, 1.82) is 0 Å². The van der Waals surface area contributed by atoms with Gasteiger partial charge in [0, 0.05) is 18.9 Å². The fourth-order valence-electron chi connectivity index (χ4n) is 1.46. The zero-order chi connectivity index (χ0) is 12.1. The minimum atomic E-state index is 0.596. The number of benzene rings is 1. The Morgan fingerprint density at radius 1 is 1.29 bits per heavy atom. The Labute approximate surface area is 99.8 Å². The first-order valence-electron chi connectivity index (χ1n) is 5.41. The van der Waals surface area contributed by atoms with E-state index in [-0.39, 0.29) is 0 Å². The summed E-state index contributed by atoms with van der Waals surface area (Å²) in [5.41, 5.74) is 0.695. The second kappa shape index (κ2) is 5.25. The third-order valence-corrected chi connectivity index (χ3v) is 2.37. The topological polar surface area (TPSA) is 51.8 Å². The third kappa shape index (κ3) is 2.50. The Kier molecular flexibility index (Phi) is 3.49. The van der Waals surface area contributed by atoms with Gasteiger partial charge in [-0.15, -0.1) is 10.2 Å². The predicted molar refractivity (Wildman–Crippen MR) is 65.1 cm³/mol. The number of para-hydroxylation sites is 1. The number of methoxy groups -OCH3 is 1. The van der Waals surface area contributed by atoms with E-state index in [1.54, 1.807) is 13.3 Å². The first kappa shape index (κ1) is 11.3. The van der Waals surface area contributed by atoms with Crippen LogP contribution in [0.2, 0.25) is 0 Å². The van der Waals surface area contributed by atoms with Crippen molar-refractivity contribution in [1.82, 2.24) is 9.55 Å². The summed E-state index contributed by atoms with van der Waals surface area (Å²) in [7, 11) is 1.61. The summed E-state index contributed by atoms with van der Waals surface area (Å²) in [6.45, 7) is 2.85. The van der Waals surface area contributed by atoms with Gasteiger partial charge in [-0.25, -0.2) is 4.98 Å². The van der Waals surface area contributed by atoms with Crippen LogP contribution in [-0.2, 0) is 6.54 Å². The average molecular weight is 230 g/mol. The maximum atomic E-state index is 5.19. The first-order valence-corrected chi connectivity index (χ1v) is 5.41. The van der Waals surface area contributed by atoms with Crippen LogP contribution in [-0.4, -0.2) is 16.7 Å². The van der Waals surface area contributed by atoms with Crippen LogP contribution in [0.25, 0.3) is 0 Å². The second-order valence-electron chi connectivity index (χ2n) is 3.39. The van der Waals surface area contributed by atoms with Gasteiger partial charge < -0.3 is 9.30 Å². The largest absolute Gasteiger partial charge is 0.494 e. The maximum absolute atomic E-state index is 5.19. The van der Waals surface area contributed by atoms with Crippen molar-refractivity contribution < 1.29 is 4.74 Å². The van der Waals surface area contributed by atoms with Crippen molar-refractivity contribution in [3.05, 3.63) is 36.7 Å². The van der Waals surface area contributed by atoms with Crippen LogP contribution in [0, 0.1) is 0 Å². The van der Waals surface area contributed by atoms with Crippen LogP contribution in [0.15, 0.2) is 46.9 Å². The van der Waals surface area contributed by atoms with Gasteiger partial charge in [-0.05, 0) is 19.1 Å². The normalized spacial score (nSPS) is 10.9. The third-order valence-electron chi connectivity index (χ3n) is 2.37. The lowest BCUT2D eigenvalue weighted by atomic mass is 10.3. The van der Waals surface area contributed by atoms with Crippen LogP contribution in [0.3, 0.4) is 0 Å². The summed E-state index contributed by atoms with van der Waals surface area (Å²) in [6.07, 6.45) is 3.58. The number of hydrogen-bond acceptors (Lipinski definition) is 4. The van der Waals surface area contributed by atoms with E-state index in [4.69, 9.17) is 4.74 Å². The summed E-state index contributed by atoms with van der Waals surface area (Å²) in [4.78, 5) is 4.12. The predicted octanol–water partition coefficient (Wildman–Crippen LogP) is 3.33. The van der Waals surface area contributed by atoms with Crippen molar-refractivity contribution in [3.63, 3.8) is 0 Å². The molecule has 0 atom stereocenters. The van der Waals surface area contributed by atoms with Crippen LogP contribution in [0.4, 0.5) is 11.6 Å². The van der Waals surface area contributed by atoms with Gasteiger partial charge in [0.25, 0.3) is 0 Å². The minimum Gasteiger partial charge on any atom is -0.494 e. The van der Waals surface area contributed by atoms with E-state index in [9.17, 15) is 0 Å². The van der Waals surface area contributed by atoms with Gasteiger partial charge in [0.05, 0.1) is 7.11 Å². The number of imidazole rings is 1. The van der Waals surface area contributed by atoms with Crippen LogP contribution >= 0.6 is 0 Å². The molecule has 1 heterocycles. The second-order valence-corrected chi connectivity index (χ2v) is 3.39. The summed E-state index contributed by atoms with van der Waals surface area (Å²) in [5, 5.41) is 8.26. The molecule has 2 rings (SSSR count). The number of aromatic nitrogens is 2. The molecule has 2 aromatic rings. The summed E-state index contributed by atoms with van der Waals surface area (Å²) in [6, 6.07) is 7.48. The molecule has 0 saturated carbocycles. The molecule has 5 nitrogen and oxygen atoms in total. The smallest absolute Gasteiger partial charge is 0.249 e. The van der Waals surface area contributed by atoms with Crippen molar-refractivity contribution in [2.24, 2.45) is 10.2 Å². The summed E-state index contributed by atoms with van der Waals surface area (Å²) < 4.78 is 7.11. The maximum Gasteiger partial charge on any atom is 0.249 e. The van der Waals surface area contributed by atoms with Gasteiger partial charge in [0.2, 0.25) is 5.95 Å². The molecule has 0 unspecified atom stereocenters. The fourth-order valence-corrected chi connectivity index (χ4v) is 1.46. The lowest BCUT2D eigenvalue weighted by Gasteiger charge is -2.02. The molecule has 5 heteroatoms. The number of rotatable bonds is 4. The number of hydrogen-bond donors (Lipinski definition) is 0. The van der Waals surface area contributed by atoms with Gasteiger partial charge in [-0.1, -0.05) is 12.1 Å². The Hall–Kier alpha value is -2.17. The molecule has 0 aliphatic carbocycles. The van der Waals surface area contributed by atoms with Crippen molar-refractivity contribution in [2.75, 3.05) is 7.11 Å². The Bertz CT molecular complexity index is 519. The molecule has 0 radical (unpaired) electrons. The number of nitrogens with zero attached hydrogens (tertiary/aromatic N) is 4. The van der Waals surface area contributed by atoms with Gasteiger partial charge in [0.1, 0.15) is 11.4 Å². The number of azo groups is 1. The highest BCUT2D eigenvalue weighted by molar-refractivity contribution is 5.50. The monoisotopic (exact) mass is 230 g/mol. The molecule has 0 bridgehead atoms. The molecule has 0 saturated heterocycles. The van der Waals surface area contributed by atoms with E-state index >= 15 is 0 Å². The van der Waals surface area contributed by atoms with E-state index in [1.807, 2.05) is 42.0 Å². The molecule has 17 heavy (non-hydrogen) atoms. The standard InChI is InChI=1S/C12H14N4O/c1-3-16-9-8-13-12(16)15-14-10-6-4-5-7-11(10)17-2/h4-9H,3H2,1-2H3. The van der Waals surface area contributed by atoms with Gasteiger partial charge >= 0.3 is 0 Å². The molecule has 1 aromatic heterocycles. The van der Waals surface area contributed by atoms with Gasteiger partial charge in [-0.3, -0.25) is 0 Å². The number of ether oxygens (including phenoxy) is 1. The zero-order valence-corrected chi connectivity index (χ0v) is 9.87. The molecular weight excluding hydrogens is 216 g/mol. The average Bonchev–Trinajstić information content (AvgIpc) is 2.84. The molecule has 0 N–H and O–H groups in total. The SMILES string of the molecule is CCn1ccnc1N=Nc1ccccc1OC. The fraction of sp³-hybridized carbons (Fsp3) is 0.250. The van der Waals surface area contributed by atoms with E-state index in [2.05, 4.69) is 15.2 Å². The van der Waals surface area contributed by atoms with E-state index < -0.39 is 0 Å². The highest BCUT2D eigenvalue weighted by Crippen LogP contribution is 2.27. The van der Waals surface area contributed by atoms with Crippen LogP contribution in [0.1, 0.15) is 6.92 Å². The zero-order valence-electron chi connectivity index (χ0n) is 9.87.